The first-order chi connectivity index (χ1) is 24.0. The van der Waals surface area contributed by atoms with E-state index in [1.54, 1.807) is 36.4 Å². The monoisotopic (exact) mass is 713 g/mol. The van der Waals surface area contributed by atoms with Gasteiger partial charge in [0.25, 0.3) is 23.4 Å². The van der Waals surface area contributed by atoms with Gasteiger partial charge in [0.05, 0.1) is 27.0 Å². The number of rotatable bonds is 14. The summed E-state index contributed by atoms with van der Waals surface area (Å²) in [6.45, 7) is 3.20. The van der Waals surface area contributed by atoms with Gasteiger partial charge in [-0.25, -0.2) is 0 Å². The number of pyridine rings is 1. The number of imide groups is 1. The molecule has 0 fully saturated rings. The molecule has 0 bridgehead atoms. The zero-order chi connectivity index (χ0) is 35.5. The van der Waals surface area contributed by atoms with E-state index in [9.17, 15) is 29.3 Å². The normalized spacial score (nSPS) is 12.6. The molecule has 4 aromatic carbocycles. The second-order valence-electron chi connectivity index (χ2n) is 12.8. The predicted molar refractivity (Wildman–Crippen MR) is 201 cm³/mol. The van der Waals surface area contributed by atoms with Crippen LogP contribution in [-0.4, -0.2) is 103 Å². The average molecular weight is 714 g/mol. The summed E-state index contributed by atoms with van der Waals surface area (Å²) in [4.78, 5) is 73.0. The highest BCUT2D eigenvalue weighted by Crippen LogP contribution is 2.33. The summed E-state index contributed by atoms with van der Waals surface area (Å²) in [6.07, 6.45) is 1.25. The summed E-state index contributed by atoms with van der Waals surface area (Å²) in [6, 6.07) is 18.4. The van der Waals surface area contributed by atoms with Crippen molar-refractivity contribution in [3.63, 3.8) is 0 Å². The van der Waals surface area contributed by atoms with Crippen LogP contribution in [0.2, 0.25) is 0 Å². The van der Waals surface area contributed by atoms with Gasteiger partial charge in [0.15, 0.2) is 5.43 Å². The summed E-state index contributed by atoms with van der Waals surface area (Å²) in [5.74, 6) is -1.19. The topological polar surface area (TPSA) is 161 Å². The first-order valence-electron chi connectivity index (χ1n) is 16.6. The van der Waals surface area contributed by atoms with Crippen molar-refractivity contribution >= 4 is 74.1 Å². The van der Waals surface area contributed by atoms with Gasteiger partial charge < -0.3 is 25.4 Å². The Labute approximate surface area is 300 Å². The SMILES string of the molecule is CN(C)CCNC(=O)c1ccc(NCCCN(C)CCCN2C(=O)c3cccc4cc([N+](=O)[O-])cc(c34)C2=O)c2c(=O)c3ccccc3[nH]c12.Cl. The molecule has 1 aliphatic rings. The first-order valence-corrected chi connectivity index (χ1v) is 16.6. The molecule has 51 heavy (non-hydrogen) atoms. The minimum atomic E-state index is -0.537. The fraction of sp³-hybridized carbons (Fsp3) is 0.297. The molecule has 0 spiro atoms. The Kier molecular flexibility index (Phi) is 11.3. The largest absolute Gasteiger partial charge is 0.384 e. The van der Waals surface area contributed by atoms with Crippen LogP contribution < -0.4 is 16.1 Å². The molecular weight excluding hydrogens is 674 g/mol. The van der Waals surface area contributed by atoms with Crippen molar-refractivity contribution in [1.29, 1.82) is 0 Å². The van der Waals surface area contributed by atoms with Crippen LogP contribution in [0.15, 0.2) is 71.5 Å². The number of nitrogens with zero attached hydrogens (tertiary/aromatic N) is 4. The number of hydrogen-bond acceptors (Lipinski definition) is 9. The number of nitro benzene ring substituents is 1. The van der Waals surface area contributed by atoms with Crippen LogP contribution in [0.25, 0.3) is 32.6 Å². The summed E-state index contributed by atoms with van der Waals surface area (Å²) >= 11 is 0. The van der Waals surface area contributed by atoms with Crippen molar-refractivity contribution in [3.05, 3.63) is 104 Å². The molecular formula is C37H40ClN7O6. The summed E-state index contributed by atoms with van der Waals surface area (Å²) in [5, 5.41) is 19.7. The second kappa shape index (κ2) is 15.7. The smallest absolute Gasteiger partial charge is 0.270 e. The summed E-state index contributed by atoms with van der Waals surface area (Å²) < 4.78 is 0. The molecule has 0 saturated carbocycles. The van der Waals surface area contributed by atoms with Crippen LogP contribution in [0, 0.1) is 10.1 Å². The lowest BCUT2D eigenvalue weighted by molar-refractivity contribution is -0.384. The third-order valence-electron chi connectivity index (χ3n) is 9.03. The van der Waals surface area contributed by atoms with E-state index in [-0.39, 0.29) is 41.5 Å². The van der Waals surface area contributed by atoms with E-state index in [2.05, 4.69) is 20.5 Å². The quantitative estimate of drug-likeness (QED) is 0.0479. The molecule has 3 amide bonds. The Bertz CT molecular complexity index is 2220. The van der Waals surface area contributed by atoms with Gasteiger partial charge in [-0.15, -0.1) is 12.4 Å². The van der Waals surface area contributed by atoms with Crippen molar-refractivity contribution in [2.75, 3.05) is 65.7 Å². The number of nitrogens with one attached hydrogen (secondary N) is 3. The number of likely N-dealkylation sites (N-methyl/N-ethyl adjacent to an activating group) is 1. The number of benzene rings is 4. The maximum absolute atomic E-state index is 13.7. The fourth-order valence-corrected chi connectivity index (χ4v) is 6.49. The molecule has 0 radical (unpaired) electrons. The molecule has 266 valence electrons. The lowest BCUT2D eigenvalue weighted by Gasteiger charge is -2.27. The van der Waals surface area contributed by atoms with Crippen molar-refractivity contribution in [1.82, 2.24) is 25.0 Å². The number of amides is 3. The molecule has 1 aliphatic heterocycles. The molecule has 3 N–H and O–H groups in total. The van der Waals surface area contributed by atoms with Gasteiger partial charge in [-0.1, -0.05) is 24.3 Å². The number of aromatic nitrogens is 1. The third kappa shape index (κ3) is 7.55. The highest BCUT2D eigenvalue weighted by Gasteiger charge is 2.34. The van der Waals surface area contributed by atoms with E-state index in [0.29, 0.717) is 88.5 Å². The number of aromatic amines is 1. The minimum absolute atomic E-state index is 0. The van der Waals surface area contributed by atoms with Crippen LogP contribution in [0.3, 0.4) is 0 Å². The Balaban J connectivity index is 0.00000504. The standard InChI is InChI=1S/C37H39N7O6.ClH/c1-41(2)20-16-39-35(46)27-13-14-30(32-33(27)40-29-12-5-4-10-25(29)34(32)45)38-15-7-17-42(3)18-8-19-43-36(47)26-11-6-9-23-21-24(44(49)50)22-28(31(23)26)37(43)48;/h4-6,9-14,21-22,38H,7-8,15-20H2,1-3H3,(H,39,46)(H,40,45);1H. The Morgan fingerprint density at radius 1 is 0.863 bits per heavy atom. The minimum Gasteiger partial charge on any atom is -0.384 e. The molecule has 0 unspecified atom stereocenters. The number of fused-ring (bicyclic) bond motifs is 2. The second-order valence-corrected chi connectivity index (χ2v) is 12.8. The predicted octanol–water partition coefficient (Wildman–Crippen LogP) is 4.88. The van der Waals surface area contributed by atoms with Gasteiger partial charge in [-0.3, -0.25) is 34.2 Å². The Morgan fingerprint density at radius 2 is 1.61 bits per heavy atom. The number of hydrogen-bond donors (Lipinski definition) is 3. The zero-order valence-corrected chi connectivity index (χ0v) is 29.5. The van der Waals surface area contributed by atoms with E-state index < -0.39 is 16.7 Å². The number of para-hydroxylation sites is 1. The first kappa shape index (κ1) is 36.9. The maximum atomic E-state index is 13.7. The third-order valence-corrected chi connectivity index (χ3v) is 9.03. The molecule has 0 atom stereocenters. The lowest BCUT2D eigenvalue weighted by atomic mass is 9.93. The van der Waals surface area contributed by atoms with Crippen molar-refractivity contribution < 1.29 is 19.3 Å². The summed E-state index contributed by atoms with van der Waals surface area (Å²) in [5.41, 5.74) is 2.35. The van der Waals surface area contributed by atoms with Gasteiger partial charge in [-0.2, -0.15) is 0 Å². The number of nitro groups is 1. The zero-order valence-electron chi connectivity index (χ0n) is 28.7. The Morgan fingerprint density at radius 3 is 2.37 bits per heavy atom. The summed E-state index contributed by atoms with van der Waals surface area (Å²) in [7, 11) is 5.82. The number of carbonyl (C=O) groups is 3. The molecule has 13 nitrogen and oxygen atoms in total. The lowest BCUT2D eigenvalue weighted by Crippen LogP contribution is -2.41. The highest BCUT2D eigenvalue weighted by atomic mass is 35.5. The fourth-order valence-electron chi connectivity index (χ4n) is 6.49. The molecule has 0 saturated heterocycles. The number of halogens is 1. The molecule has 14 heteroatoms. The van der Waals surface area contributed by atoms with Gasteiger partial charge in [0.2, 0.25) is 0 Å². The molecule has 2 heterocycles. The molecule has 1 aromatic heterocycles. The van der Waals surface area contributed by atoms with Gasteiger partial charge in [-0.05, 0) is 82.8 Å². The van der Waals surface area contributed by atoms with Gasteiger partial charge >= 0.3 is 0 Å². The van der Waals surface area contributed by atoms with E-state index in [0.717, 1.165) is 6.42 Å². The number of H-pyrrole nitrogens is 1. The number of non-ortho nitro benzene ring substituents is 1. The van der Waals surface area contributed by atoms with Gasteiger partial charge in [0, 0.05) is 65.9 Å². The van der Waals surface area contributed by atoms with Crippen LogP contribution in [0.4, 0.5) is 11.4 Å². The van der Waals surface area contributed by atoms with Crippen LogP contribution in [-0.2, 0) is 0 Å². The van der Waals surface area contributed by atoms with Crippen LogP contribution >= 0.6 is 12.4 Å². The molecule has 5 aromatic rings. The van der Waals surface area contributed by atoms with Crippen LogP contribution in [0.5, 0.6) is 0 Å². The number of carbonyl (C=O) groups excluding carboxylic acids is 3. The highest BCUT2D eigenvalue weighted by molar-refractivity contribution is 6.25. The molecule has 6 rings (SSSR count). The average Bonchev–Trinajstić information content (AvgIpc) is 3.09. The van der Waals surface area contributed by atoms with E-state index in [1.807, 2.05) is 44.2 Å². The van der Waals surface area contributed by atoms with Gasteiger partial charge in [0.1, 0.15) is 0 Å². The number of anilines is 1. The van der Waals surface area contributed by atoms with E-state index in [4.69, 9.17) is 0 Å². The van der Waals surface area contributed by atoms with Crippen molar-refractivity contribution in [3.8, 4) is 0 Å². The maximum Gasteiger partial charge on any atom is 0.270 e. The molecule has 0 aliphatic carbocycles. The van der Waals surface area contributed by atoms with E-state index in [1.165, 1.54) is 17.0 Å². The Hall–Kier alpha value is -5.37. The van der Waals surface area contributed by atoms with Crippen LogP contribution in [0.1, 0.15) is 43.9 Å². The van der Waals surface area contributed by atoms with E-state index >= 15 is 0 Å². The van der Waals surface area contributed by atoms with Crippen molar-refractivity contribution in [2.45, 2.75) is 12.8 Å². The van der Waals surface area contributed by atoms with Crippen molar-refractivity contribution in [2.24, 2.45) is 0 Å².